The van der Waals surface area contributed by atoms with Crippen molar-refractivity contribution in [1.29, 1.82) is 0 Å². The standard InChI is InChI=1S/C11H16FN3O3S/c1-19(17,18)15-10-7-8(3-4-9(10)12)11(16)14-6-2-5-13/h3-4,7,15H,2,5-6,13H2,1H3,(H,14,16). The lowest BCUT2D eigenvalue weighted by atomic mass is 10.2. The van der Waals surface area contributed by atoms with Crippen LogP contribution in [0, 0.1) is 5.82 Å². The summed E-state index contributed by atoms with van der Waals surface area (Å²) in [6, 6.07) is 3.46. The van der Waals surface area contributed by atoms with E-state index in [0.717, 1.165) is 18.4 Å². The minimum Gasteiger partial charge on any atom is -0.352 e. The van der Waals surface area contributed by atoms with E-state index in [4.69, 9.17) is 5.73 Å². The molecule has 1 aromatic rings. The molecule has 19 heavy (non-hydrogen) atoms. The van der Waals surface area contributed by atoms with Gasteiger partial charge in [0.05, 0.1) is 11.9 Å². The van der Waals surface area contributed by atoms with Crippen LogP contribution in [0.4, 0.5) is 10.1 Å². The minimum atomic E-state index is -3.60. The molecule has 1 aromatic carbocycles. The molecule has 0 atom stereocenters. The number of nitrogens with two attached hydrogens (primary N) is 1. The number of nitrogens with one attached hydrogen (secondary N) is 2. The first-order valence-corrected chi connectivity index (χ1v) is 7.48. The molecule has 0 unspecified atom stereocenters. The van der Waals surface area contributed by atoms with Crippen LogP contribution in [0.1, 0.15) is 16.8 Å². The third-order valence-corrected chi connectivity index (χ3v) is 2.78. The quantitative estimate of drug-likeness (QED) is 0.654. The number of anilines is 1. The number of carbonyl (C=O) groups is 1. The molecule has 0 aliphatic heterocycles. The predicted molar refractivity (Wildman–Crippen MR) is 70.9 cm³/mol. The van der Waals surface area contributed by atoms with Crippen LogP contribution >= 0.6 is 0 Å². The van der Waals surface area contributed by atoms with Crippen molar-refractivity contribution < 1.29 is 17.6 Å². The van der Waals surface area contributed by atoms with Gasteiger partial charge in [0.1, 0.15) is 5.82 Å². The summed E-state index contributed by atoms with van der Waals surface area (Å²) in [6.07, 6.45) is 1.53. The Kier molecular flexibility index (Phi) is 5.25. The second-order valence-electron chi connectivity index (χ2n) is 3.97. The first-order chi connectivity index (χ1) is 8.83. The average molecular weight is 289 g/mol. The van der Waals surface area contributed by atoms with Gasteiger partial charge in [0, 0.05) is 12.1 Å². The second-order valence-corrected chi connectivity index (χ2v) is 5.72. The first-order valence-electron chi connectivity index (χ1n) is 5.59. The van der Waals surface area contributed by atoms with Crippen molar-refractivity contribution in [2.75, 3.05) is 24.1 Å². The predicted octanol–water partition coefficient (Wildman–Crippen LogP) is 0.276. The number of sulfonamides is 1. The molecule has 0 saturated heterocycles. The normalized spacial score (nSPS) is 11.1. The summed E-state index contributed by atoms with van der Waals surface area (Å²) in [5.41, 5.74) is 5.20. The molecular weight excluding hydrogens is 273 g/mol. The first kappa shape index (κ1) is 15.4. The Morgan fingerprint density at radius 1 is 1.42 bits per heavy atom. The van der Waals surface area contributed by atoms with Gasteiger partial charge in [-0.15, -0.1) is 0 Å². The molecule has 0 radical (unpaired) electrons. The number of carbonyl (C=O) groups excluding carboxylic acids is 1. The van der Waals surface area contributed by atoms with Gasteiger partial charge < -0.3 is 11.1 Å². The van der Waals surface area contributed by atoms with Crippen molar-refractivity contribution in [2.45, 2.75) is 6.42 Å². The van der Waals surface area contributed by atoms with Crippen LogP contribution in [-0.4, -0.2) is 33.7 Å². The summed E-state index contributed by atoms with van der Waals surface area (Å²) in [5, 5.41) is 2.59. The highest BCUT2D eigenvalue weighted by molar-refractivity contribution is 7.92. The number of benzene rings is 1. The van der Waals surface area contributed by atoms with E-state index in [1.165, 1.54) is 6.07 Å². The van der Waals surface area contributed by atoms with E-state index in [1.54, 1.807) is 0 Å². The van der Waals surface area contributed by atoms with Crippen molar-refractivity contribution in [1.82, 2.24) is 5.32 Å². The molecule has 0 bridgehead atoms. The monoisotopic (exact) mass is 289 g/mol. The molecule has 6 nitrogen and oxygen atoms in total. The molecule has 0 aliphatic carbocycles. The van der Waals surface area contributed by atoms with Crippen LogP contribution in [0.25, 0.3) is 0 Å². The lowest BCUT2D eigenvalue weighted by Gasteiger charge is -2.08. The minimum absolute atomic E-state index is 0.171. The zero-order valence-electron chi connectivity index (χ0n) is 10.4. The van der Waals surface area contributed by atoms with E-state index < -0.39 is 21.7 Å². The van der Waals surface area contributed by atoms with Crippen LogP contribution in [0.5, 0.6) is 0 Å². The molecule has 0 saturated carbocycles. The highest BCUT2D eigenvalue weighted by Gasteiger charge is 2.12. The molecule has 4 N–H and O–H groups in total. The van der Waals surface area contributed by atoms with E-state index in [2.05, 4.69) is 5.32 Å². The average Bonchev–Trinajstić information content (AvgIpc) is 2.30. The van der Waals surface area contributed by atoms with Crippen LogP contribution in [0.2, 0.25) is 0 Å². The van der Waals surface area contributed by atoms with Crippen LogP contribution in [0.15, 0.2) is 18.2 Å². The fraction of sp³-hybridized carbons (Fsp3) is 0.364. The van der Waals surface area contributed by atoms with Gasteiger partial charge in [0.15, 0.2) is 0 Å². The molecule has 0 aliphatic rings. The molecule has 1 amide bonds. The summed E-state index contributed by atoms with van der Waals surface area (Å²) in [5.74, 6) is -1.16. The van der Waals surface area contributed by atoms with Gasteiger partial charge in [-0.05, 0) is 31.2 Å². The Morgan fingerprint density at radius 2 is 2.11 bits per heavy atom. The third kappa shape index (κ3) is 5.23. The fourth-order valence-corrected chi connectivity index (χ4v) is 1.91. The van der Waals surface area contributed by atoms with Gasteiger partial charge in [-0.2, -0.15) is 0 Å². The Morgan fingerprint density at radius 3 is 2.68 bits per heavy atom. The molecule has 8 heteroatoms. The van der Waals surface area contributed by atoms with Crippen molar-refractivity contribution in [3.63, 3.8) is 0 Å². The maximum Gasteiger partial charge on any atom is 0.251 e. The molecule has 0 aromatic heterocycles. The molecule has 0 fully saturated rings. The molecular formula is C11H16FN3O3S. The summed E-state index contributed by atoms with van der Waals surface area (Å²) in [4.78, 5) is 11.7. The number of rotatable bonds is 6. The van der Waals surface area contributed by atoms with E-state index in [1.807, 2.05) is 4.72 Å². The lowest BCUT2D eigenvalue weighted by molar-refractivity contribution is 0.0953. The smallest absolute Gasteiger partial charge is 0.251 e. The van der Waals surface area contributed by atoms with Crippen LogP contribution in [-0.2, 0) is 10.0 Å². The second kappa shape index (κ2) is 6.48. The Balaban J connectivity index is 2.86. The molecule has 1 rings (SSSR count). The number of hydrogen-bond acceptors (Lipinski definition) is 4. The maximum absolute atomic E-state index is 13.4. The van der Waals surface area contributed by atoms with Gasteiger partial charge in [0.2, 0.25) is 10.0 Å². The SMILES string of the molecule is CS(=O)(=O)Nc1cc(C(=O)NCCCN)ccc1F. The Bertz CT molecular complexity index is 560. The van der Waals surface area contributed by atoms with Gasteiger partial charge in [-0.1, -0.05) is 0 Å². The summed E-state index contributed by atoms with van der Waals surface area (Å²) in [7, 11) is -3.60. The summed E-state index contributed by atoms with van der Waals surface area (Å²) in [6.45, 7) is 0.853. The summed E-state index contributed by atoms with van der Waals surface area (Å²) >= 11 is 0. The zero-order chi connectivity index (χ0) is 14.5. The van der Waals surface area contributed by atoms with Crippen molar-refractivity contribution in [2.24, 2.45) is 5.73 Å². The highest BCUT2D eigenvalue weighted by atomic mass is 32.2. The molecule has 0 spiro atoms. The van der Waals surface area contributed by atoms with Crippen LogP contribution < -0.4 is 15.8 Å². The summed E-state index contributed by atoms with van der Waals surface area (Å²) < 4.78 is 37.5. The Hall–Kier alpha value is -1.67. The van der Waals surface area contributed by atoms with Gasteiger partial charge in [0.25, 0.3) is 5.91 Å². The lowest BCUT2D eigenvalue weighted by Crippen LogP contribution is -2.26. The topological polar surface area (TPSA) is 101 Å². The van der Waals surface area contributed by atoms with Gasteiger partial charge in [-0.3, -0.25) is 9.52 Å². The van der Waals surface area contributed by atoms with Crippen molar-refractivity contribution in [3.8, 4) is 0 Å². The number of amides is 1. The van der Waals surface area contributed by atoms with E-state index in [9.17, 15) is 17.6 Å². The fourth-order valence-electron chi connectivity index (χ4n) is 1.35. The van der Waals surface area contributed by atoms with Gasteiger partial charge >= 0.3 is 0 Å². The largest absolute Gasteiger partial charge is 0.352 e. The molecule has 0 heterocycles. The number of halogens is 1. The van der Waals surface area contributed by atoms with Crippen molar-refractivity contribution >= 4 is 21.6 Å². The van der Waals surface area contributed by atoms with Crippen molar-refractivity contribution in [3.05, 3.63) is 29.6 Å². The number of hydrogen-bond donors (Lipinski definition) is 3. The third-order valence-electron chi connectivity index (χ3n) is 2.19. The van der Waals surface area contributed by atoms with E-state index >= 15 is 0 Å². The van der Waals surface area contributed by atoms with Gasteiger partial charge in [-0.25, -0.2) is 12.8 Å². The molecule has 106 valence electrons. The van der Waals surface area contributed by atoms with E-state index in [-0.39, 0.29) is 11.3 Å². The van der Waals surface area contributed by atoms with Crippen LogP contribution in [0.3, 0.4) is 0 Å². The highest BCUT2D eigenvalue weighted by Crippen LogP contribution is 2.17. The Labute approximate surface area is 111 Å². The zero-order valence-corrected chi connectivity index (χ0v) is 11.3. The van der Waals surface area contributed by atoms with E-state index in [0.29, 0.717) is 19.5 Å². The maximum atomic E-state index is 13.4.